The van der Waals surface area contributed by atoms with E-state index in [1.165, 1.54) is 0 Å². The van der Waals surface area contributed by atoms with E-state index in [4.69, 9.17) is 13.3 Å². The Kier molecular flexibility index (Phi) is 5.69. The molecule has 0 spiro atoms. The first kappa shape index (κ1) is 12.1. The Morgan fingerprint density at radius 1 is 1.17 bits per heavy atom. The van der Waals surface area contributed by atoms with E-state index in [9.17, 15) is 4.80 Å². The molecule has 74 valence electrons. The van der Waals surface area contributed by atoms with Gasteiger partial charge >= 0.3 is 9.05 Å². The Bertz CT molecular complexity index is 112. The molecule has 0 amide bonds. The van der Waals surface area contributed by atoms with Crippen molar-refractivity contribution in [2.45, 2.75) is 33.8 Å². The van der Waals surface area contributed by atoms with E-state index >= 15 is 0 Å². The van der Waals surface area contributed by atoms with Crippen molar-refractivity contribution in [1.29, 1.82) is 0 Å². The Hall–Kier alpha value is 0.0569. The fraction of sp³-hybridized carbons (Fsp3) is 1.00. The van der Waals surface area contributed by atoms with Crippen molar-refractivity contribution >= 4 is 9.05 Å². The lowest BCUT2D eigenvalue weighted by atomic mass is 10.5. The highest BCUT2D eigenvalue weighted by Gasteiger charge is 2.41. The maximum absolute atomic E-state index is 9.65. The second kappa shape index (κ2) is 5.66. The summed E-state index contributed by atoms with van der Waals surface area (Å²) in [4.78, 5) is 9.65. The van der Waals surface area contributed by atoms with Crippen molar-refractivity contribution in [1.82, 2.24) is 0 Å². The summed E-state index contributed by atoms with van der Waals surface area (Å²) in [6.45, 7) is 8.04. The van der Waals surface area contributed by atoms with Crippen LogP contribution in [0.4, 0.5) is 0 Å². The Morgan fingerprint density at radius 2 is 1.58 bits per heavy atom. The number of hydrogen-bond donors (Lipinski definition) is 1. The van der Waals surface area contributed by atoms with Crippen LogP contribution in [-0.2, 0) is 13.3 Å². The summed E-state index contributed by atoms with van der Waals surface area (Å²) in [5.74, 6) is 0. The molecule has 0 aromatic heterocycles. The van der Waals surface area contributed by atoms with Gasteiger partial charge in [0, 0.05) is 19.3 Å². The summed E-state index contributed by atoms with van der Waals surface area (Å²) >= 11 is 0. The molecule has 0 aliphatic carbocycles. The summed E-state index contributed by atoms with van der Waals surface area (Å²) in [6.07, 6.45) is -0.0835. The standard InChI is InChI=1S/C7H18O4Si/c1-5-9-12(8,10-6-2)11-7(3)4/h7-8H,5-6H2,1-4H3. The van der Waals surface area contributed by atoms with Gasteiger partial charge in [0.2, 0.25) is 0 Å². The number of hydrogen-bond acceptors (Lipinski definition) is 4. The van der Waals surface area contributed by atoms with Crippen molar-refractivity contribution in [3.8, 4) is 0 Å². The first-order valence-corrected chi connectivity index (χ1v) is 5.89. The van der Waals surface area contributed by atoms with E-state index in [1.807, 2.05) is 13.8 Å². The van der Waals surface area contributed by atoms with Crippen LogP contribution in [0.2, 0.25) is 0 Å². The van der Waals surface area contributed by atoms with Gasteiger partial charge in [0.05, 0.1) is 0 Å². The molecule has 0 bridgehead atoms. The summed E-state index contributed by atoms with van der Waals surface area (Å²) in [5.41, 5.74) is 0. The first-order chi connectivity index (χ1) is 5.54. The lowest BCUT2D eigenvalue weighted by molar-refractivity contribution is -0.0194. The molecule has 4 nitrogen and oxygen atoms in total. The molecule has 0 unspecified atom stereocenters. The molecule has 5 heteroatoms. The highest BCUT2D eigenvalue weighted by atomic mass is 28.4. The zero-order valence-corrected chi connectivity index (χ0v) is 9.16. The molecule has 12 heavy (non-hydrogen) atoms. The van der Waals surface area contributed by atoms with E-state index in [0.29, 0.717) is 13.2 Å². The molecule has 0 saturated carbocycles. The van der Waals surface area contributed by atoms with Gasteiger partial charge in [-0.15, -0.1) is 0 Å². The van der Waals surface area contributed by atoms with Crippen molar-refractivity contribution in [2.24, 2.45) is 0 Å². The Labute approximate surface area is 74.9 Å². The zero-order chi connectivity index (χ0) is 9.61. The molecule has 0 radical (unpaired) electrons. The molecular weight excluding hydrogens is 176 g/mol. The van der Waals surface area contributed by atoms with Gasteiger partial charge in [0.15, 0.2) is 0 Å². The van der Waals surface area contributed by atoms with Crippen molar-refractivity contribution in [3.63, 3.8) is 0 Å². The molecule has 1 N–H and O–H groups in total. The third-order valence-electron chi connectivity index (χ3n) is 1.04. The van der Waals surface area contributed by atoms with Gasteiger partial charge < -0.3 is 18.1 Å². The van der Waals surface area contributed by atoms with Crippen LogP contribution >= 0.6 is 0 Å². The van der Waals surface area contributed by atoms with Crippen LogP contribution < -0.4 is 0 Å². The SMILES string of the molecule is CCO[Si](O)(OCC)OC(C)C. The fourth-order valence-electron chi connectivity index (χ4n) is 0.772. The van der Waals surface area contributed by atoms with E-state index in [0.717, 1.165) is 0 Å². The van der Waals surface area contributed by atoms with Gasteiger partial charge in [-0.1, -0.05) is 0 Å². The molecule has 0 fully saturated rings. The summed E-state index contributed by atoms with van der Waals surface area (Å²) < 4.78 is 15.2. The van der Waals surface area contributed by atoms with E-state index < -0.39 is 9.05 Å². The Morgan fingerprint density at radius 3 is 1.83 bits per heavy atom. The first-order valence-electron chi connectivity index (χ1n) is 4.22. The van der Waals surface area contributed by atoms with Crippen LogP contribution in [0.25, 0.3) is 0 Å². The van der Waals surface area contributed by atoms with Crippen LogP contribution in [0.15, 0.2) is 0 Å². The second-order valence-electron chi connectivity index (χ2n) is 2.56. The zero-order valence-electron chi connectivity index (χ0n) is 8.16. The fourth-order valence-corrected chi connectivity index (χ4v) is 2.32. The van der Waals surface area contributed by atoms with E-state index in [-0.39, 0.29) is 6.10 Å². The lowest BCUT2D eigenvalue weighted by Crippen LogP contribution is -2.47. The summed E-state index contributed by atoms with van der Waals surface area (Å²) in [6, 6.07) is 0. The highest BCUT2D eigenvalue weighted by Crippen LogP contribution is 2.08. The minimum atomic E-state index is -3.31. The largest absolute Gasteiger partial charge is 0.677 e. The van der Waals surface area contributed by atoms with Gasteiger partial charge in [-0.05, 0) is 27.7 Å². The minimum Gasteiger partial charge on any atom is -0.367 e. The predicted octanol–water partition coefficient (Wildman–Crippen LogP) is 0.912. The van der Waals surface area contributed by atoms with Gasteiger partial charge in [0.1, 0.15) is 0 Å². The average Bonchev–Trinajstić information content (AvgIpc) is 1.85. The van der Waals surface area contributed by atoms with Crippen molar-refractivity contribution in [3.05, 3.63) is 0 Å². The molecule has 0 aliphatic heterocycles. The van der Waals surface area contributed by atoms with E-state index in [2.05, 4.69) is 0 Å². The molecule has 0 atom stereocenters. The third-order valence-corrected chi connectivity index (χ3v) is 3.11. The summed E-state index contributed by atoms with van der Waals surface area (Å²) in [5, 5.41) is 0. The van der Waals surface area contributed by atoms with Gasteiger partial charge in [-0.3, -0.25) is 0 Å². The minimum absolute atomic E-state index is 0.0835. The maximum atomic E-state index is 9.65. The Balaban J connectivity index is 3.98. The van der Waals surface area contributed by atoms with Crippen molar-refractivity contribution in [2.75, 3.05) is 13.2 Å². The third kappa shape index (κ3) is 4.84. The van der Waals surface area contributed by atoms with Gasteiger partial charge in [0.25, 0.3) is 0 Å². The molecular formula is C7H18O4Si. The molecule has 0 aliphatic rings. The highest BCUT2D eigenvalue weighted by molar-refractivity contribution is 6.51. The van der Waals surface area contributed by atoms with Crippen LogP contribution in [0.5, 0.6) is 0 Å². The average molecular weight is 194 g/mol. The van der Waals surface area contributed by atoms with E-state index in [1.54, 1.807) is 13.8 Å². The van der Waals surface area contributed by atoms with Crippen molar-refractivity contribution < 1.29 is 18.1 Å². The summed E-state index contributed by atoms with van der Waals surface area (Å²) in [7, 11) is -3.31. The predicted molar refractivity (Wildman–Crippen MR) is 47.4 cm³/mol. The van der Waals surface area contributed by atoms with Crippen LogP contribution in [-0.4, -0.2) is 33.2 Å². The normalized spacial score (nSPS) is 12.5. The second-order valence-corrected chi connectivity index (χ2v) is 4.42. The molecule has 0 heterocycles. The monoisotopic (exact) mass is 194 g/mol. The van der Waals surface area contributed by atoms with Gasteiger partial charge in [-0.25, -0.2) is 0 Å². The van der Waals surface area contributed by atoms with Gasteiger partial charge in [-0.2, -0.15) is 0 Å². The molecule has 0 saturated heterocycles. The quantitative estimate of drug-likeness (QED) is 0.639. The molecule has 0 aromatic rings. The maximum Gasteiger partial charge on any atom is 0.677 e. The van der Waals surface area contributed by atoms with Crippen LogP contribution in [0.3, 0.4) is 0 Å². The lowest BCUT2D eigenvalue weighted by Gasteiger charge is -2.23. The molecule has 0 aromatic carbocycles. The topological polar surface area (TPSA) is 47.9 Å². The van der Waals surface area contributed by atoms with Crippen LogP contribution in [0, 0.1) is 0 Å². The number of rotatable bonds is 6. The smallest absolute Gasteiger partial charge is 0.367 e. The molecule has 0 rings (SSSR count). The van der Waals surface area contributed by atoms with Crippen LogP contribution in [0.1, 0.15) is 27.7 Å².